The number of nitrogens with one attached hydrogen (secondary N) is 3. The molecule has 0 bridgehead atoms. The van der Waals surface area contributed by atoms with Crippen molar-refractivity contribution in [3.8, 4) is 33.8 Å². The van der Waals surface area contributed by atoms with E-state index in [1.165, 1.54) is 0 Å². The van der Waals surface area contributed by atoms with Crippen molar-refractivity contribution in [2.24, 2.45) is 0 Å². The first-order valence-electron chi connectivity index (χ1n) is 6.14. The van der Waals surface area contributed by atoms with Crippen molar-refractivity contribution in [1.82, 2.24) is 46.2 Å². The van der Waals surface area contributed by atoms with Crippen molar-refractivity contribution in [2.75, 3.05) is 0 Å². The molecule has 3 heterocycles. The van der Waals surface area contributed by atoms with Gasteiger partial charge in [-0.15, -0.1) is 0 Å². The molecule has 4 rings (SSSR count). The maximum atomic E-state index is 4.11. The average Bonchev–Trinajstić information content (AvgIpc) is 3.29. The first-order chi connectivity index (χ1) is 10.4. The monoisotopic (exact) mass is 279 g/mol. The van der Waals surface area contributed by atoms with Gasteiger partial charge < -0.3 is 0 Å². The molecular weight excluding hydrogens is 270 g/mol. The molecule has 0 saturated heterocycles. The quantitative estimate of drug-likeness (QED) is 0.514. The largest absolute Gasteiger partial charge is 0.197 e. The van der Waals surface area contributed by atoms with Crippen LogP contribution in [-0.2, 0) is 0 Å². The fourth-order valence-corrected chi connectivity index (χ4v) is 2.09. The summed E-state index contributed by atoms with van der Waals surface area (Å²) in [6.07, 6.45) is 4.98. The van der Waals surface area contributed by atoms with E-state index in [0.717, 1.165) is 33.8 Å². The lowest BCUT2D eigenvalue weighted by Gasteiger charge is -2.04. The summed E-state index contributed by atoms with van der Waals surface area (Å²) in [4.78, 5) is 0. The smallest absolute Gasteiger partial charge is 0.112 e. The Morgan fingerprint density at radius 2 is 0.857 bits per heavy atom. The number of rotatable bonds is 3. The SMILES string of the molecule is c1c(-c2cn[nH]n2)cc(-c2cn[nH]n2)cc1-c1cn[nH]n1. The van der Waals surface area contributed by atoms with Crippen LogP contribution in [0.1, 0.15) is 0 Å². The molecule has 1 aromatic carbocycles. The second-order valence-corrected chi connectivity index (χ2v) is 4.36. The zero-order valence-electron chi connectivity index (χ0n) is 10.6. The van der Waals surface area contributed by atoms with Gasteiger partial charge in [0, 0.05) is 16.7 Å². The minimum Gasteiger partial charge on any atom is -0.197 e. The maximum Gasteiger partial charge on any atom is 0.112 e. The average molecular weight is 279 g/mol. The number of benzene rings is 1. The molecule has 4 aromatic rings. The first kappa shape index (κ1) is 11.5. The van der Waals surface area contributed by atoms with Gasteiger partial charge in [0.2, 0.25) is 0 Å². The second kappa shape index (κ2) is 4.63. The Morgan fingerprint density at radius 3 is 1.10 bits per heavy atom. The molecule has 9 heteroatoms. The Labute approximate surface area is 117 Å². The van der Waals surface area contributed by atoms with E-state index in [2.05, 4.69) is 46.2 Å². The number of nitrogens with zero attached hydrogens (tertiary/aromatic N) is 6. The third kappa shape index (κ3) is 2.06. The summed E-state index contributed by atoms with van der Waals surface area (Å²) in [5, 5.41) is 31.7. The molecule has 0 fully saturated rings. The molecule has 0 spiro atoms. The molecule has 0 unspecified atom stereocenters. The normalized spacial score (nSPS) is 10.9. The van der Waals surface area contributed by atoms with Crippen molar-refractivity contribution in [3.05, 3.63) is 36.8 Å². The molecule has 21 heavy (non-hydrogen) atoms. The number of hydrogen-bond donors (Lipinski definition) is 3. The van der Waals surface area contributed by atoms with Crippen molar-refractivity contribution in [3.63, 3.8) is 0 Å². The van der Waals surface area contributed by atoms with Gasteiger partial charge in [-0.2, -0.15) is 46.2 Å². The minimum atomic E-state index is 0.741. The minimum absolute atomic E-state index is 0.741. The summed E-state index contributed by atoms with van der Waals surface area (Å²) in [5.41, 5.74) is 4.94. The van der Waals surface area contributed by atoms with E-state index in [9.17, 15) is 0 Å². The fraction of sp³-hybridized carbons (Fsp3) is 0. The maximum absolute atomic E-state index is 4.11. The summed E-state index contributed by atoms with van der Waals surface area (Å²) in [5.74, 6) is 0. The van der Waals surface area contributed by atoms with E-state index in [0.29, 0.717) is 0 Å². The predicted octanol–water partition coefficient (Wildman–Crippen LogP) is 1.04. The topological polar surface area (TPSA) is 125 Å². The number of H-pyrrole nitrogens is 3. The highest BCUT2D eigenvalue weighted by molar-refractivity contribution is 5.77. The summed E-state index contributed by atoms with van der Waals surface area (Å²) in [7, 11) is 0. The Balaban J connectivity index is 1.92. The van der Waals surface area contributed by atoms with Crippen LogP contribution in [0.5, 0.6) is 0 Å². The van der Waals surface area contributed by atoms with Crippen LogP contribution in [-0.4, -0.2) is 46.2 Å². The summed E-state index contributed by atoms with van der Waals surface area (Å²) in [6, 6.07) is 5.91. The van der Waals surface area contributed by atoms with E-state index in [4.69, 9.17) is 0 Å². The van der Waals surface area contributed by atoms with Gasteiger partial charge in [-0.1, -0.05) is 0 Å². The van der Waals surface area contributed by atoms with E-state index < -0.39 is 0 Å². The number of hydrogen-bond acceptors (Lipinski definition) is 6. The van der Waals surface area contributed by atoms with E-state index in [1.807, 2.05) is 18.2 Å². The number of aromatic nitrogens is 9. The van der Waals surface area contributed by atoms with Gasteiger partial charge in [0.05, 0.1) is 18.6 Å². The van der Waals surface area contributed by atoms with E-state index in [1.54, 1.807) is 18.6 Å². The van der Waals surface area contributed by atoms with Crippen LogP contribution in [0, 0.1) is 0 Å². The molecule has 9 nitrogen and oxygen atoms in total. The third-order valence-electron chi connectivity index (χ3n) is 3.07. The Kier molecular flexibility index (Phi) is 2.53. The molecule has 0 saturated carbocycles. The highest BCUT2D eigenvalue weighted by Crippen LogP contribution is 2.29. The molecule has 0 aliphatic heterocycles. The lowest BCUT2D eigenvalue weighted by molar-refractivity contribution is 0.940. The predicted molar refractivity (Wildman–Crippen MR) is 72.6 cm³/mol. The molecule has 3 N–H and O–H groups in total. The first-order valence-corrected chi connectivity index (χ1v) is 6.14. The van der Waals surface area contributed by atoms with Crippen molar-refractivity contribution >= 4 is 0 Å². The van der Waals surface area contributed by atoms with Crippen LogP contribution in [0.2, 0.25) is 0 Å². The standard InChI is InChI=1S/C12H9N9/c1-7(10-4-13-19-16-10)2-9(12-6-15-21-18-12)3-8(1)11-5-14-20-17-11/h1-6H,(H,13,16,19)(H,14,17,20)(H,15,18,21). The van der Waals surface area contributed by atoms with Crippen LogP contribution >= 0.6 is 0 Å². The van der Waals surface area contributed by atoms with Crippen LogP contribution in [0.15, 0.2) is 36.8 Å². The van der Waals surface area contributed by atoms with Gasteiger partial charge in [-0.25, -0.2) is 0 Å². The van der Waals surface area contributed by atoms with Crippen molar-refractivity contribution in [1.29, 1.82) is 0 Å². The zero-order valence-corrected chi connectivity index (χ0v) is 10.6. The molecule has 0 amide bonds. The van der Waals surface area contributed by atoms with Crippen molar-refractivity contribution in [2.45, 2.75) is 0 Å². The lowest BCUT2D eigenvalue weighted by atomic mass is 10.0. The molecule has 102 valence electrons. The van der Waals surface area contributed by atoms with Gasteiger partial charge in [0.25, 0.3) is 0 Å². The number of aromatic amines is 3. The van der Waals surface area contributed by atoms with Crippen LogP contribution in [0.4, 0.5) is 0 Å². The highest BCUT2D eigenvalue weighted by atomic mass is 15.3. The van der Waals surface area contributed by atoms with Gasteiger partial charge in [-0.3, -0.25) is 0 Å². The van der Waals surface area contributed by atoms with E-state index in [-0.39, 0.29) is 0 Å². The van der Waals surface area contributed by atoms with Gasteiger partial charge in [0.15, 0.2) is 0 Å². The summed E-state index contributed by atoms with van der Waals surface area (Å²) < 4.78 is 0. The molecule has 0 radical (unpaired) electrons. The molecule has 0 aliphatic rings. The zero-order chi connectivity index (χ0) is 14.1. The molecule has 0 atom stereocenters. The second-order valence-electron chi connectivity index (χ2n) is 4.36. The molecule has 0 aliphatic carbocycles. The summed E-state index contributed by atoms with van der Waals surface area (Å²) >= 11 is 0. The Hall–Kier alpha value is -3.36. The Bertz CT molecular complexity index is 704. The van der Waals surface area contributed by atoms with E-state index >= 15 is 0 Å². The summed E-state index contributed by atoms with van der Waals surface area (Å²) in [6.45, 7) is 0. The Morgan fingerprint density at radius 1 is 0.524 bits per heavy atom. The fourth-order valence-electron chi connectivity index (χ4n) is 2.09. The molecular formula is C12H9N9. The third-order valence-corrected chi connectivity index (χ3v) is 3.07. The van der Waals surface area contributed by atoms with Crippen LogP contribution in [0.3, 0.4) is 0 Å². The van der Waals surface area contributed by atoms with Gasteiger partial charge >= 0.3 is 0 Å². The lowest BCUT2D eigenvalue weighted by Crippen LogP contribution is -1.87. The van der Waals surface area contributed by atoms with Crippen molar-refractivity contribution < 1.29 is 0 Å². The van der Waals surface area contributed by atoms with Gasteiger partial charge in [0.1, 0.15) is 17.1 Å². The van der Waals surface area contributed by atoms with Gasteiger partial charge in [-0.05, 0) is 18.2 Å². The molecule has 3 aromatic heterocycles. The highest BCUT2D eigenvalue weighted by Gasteiger charge is 2.11. The van der Waals surface area contributed by atoms with Crippen LogP contribution < -0.4 is 0 Å². The van der Waals surface area contributed by atoms with Crippen LogP contribution in [0.25, 0.3) is 33.8 Å².